The maximum absolute atomic E-state index is 12.2. The first-order valence-corrected chi connectivity index (χ1v) is 6.43. The van der Waals surface area contributed by atoms with Gasteiger partial charge in [-0.2, -0.15) is 0 Å². The summed E-state index contributed by atoms with van der Waals surface area (Å²) in [7, 11) is 0. The number of nitrogens with one attached hydrogen (secondary N) is 1. The van der Waals surface area contributed by atoms with E-state index >= 15 is 0 Å². The normalized spacial score (nSPS) is 10.3. The van der Waals surface area contributed by atoms with Crippen molar-refractivity contribution in [3.63, 3.8) is 0 Å². The molecule has 0 unspecified atom stereocenters. The molecular weight excluding hydrogens is 266 g/mol. The third-order valence-corrected chi connectivity index (χ3v) is 2.87. The number of anilines is 1. The maximum Gasteiger partial charge on any atom is 0.275 e. The number of aryl methyl sites for hydroxylation is 1. The Bertz CT molecular complexity index is 767. The van der Waals surface area contributed by atoms with E-state index in [1.54, 1.807) is 41.5 Å². The zero-order valence-electron chi connectivity index (χ0n) is 11.4. The molecule has 0 aliphatic rings. The van der Waals surface area contributed by atoms with Crippen molar-refractivity contribution in [2.24, 2.45) is 0 Å². The van der Waals surface area contributed by atoms with Crippen LogP contribution in [0.5, 0.6) is 0 Å². The molecule has 6 heteroatoms. The summed E-state index contributed by atoms with van der Waals surface area (Å²) in [4.78, 5) is 24.7. The number of carbonyl (C=O) groups is 1. The first kappa shape index (κ1) is 13.0. The van der Waals surface area contributed by atoms with Crippen LogP contribution < -0.4 is 5.32 Å². The summed E-state index contributed by atoms with van der Waals surface area (Å²) >= 11 is 0. The summed E-state index contributed by atoms with van der Waals surface area (Å²) in [5, 5.41) is 2.73. The van der Waals surface area contributed by atoms with Gasteiger partial charge in [-0.3, -0.25) is 9.36 Å². The van der Waals surface area contributed by atoms with Crippen LogP contribution in [0.15, 0.2) is 55.1 Å². The summed E-state index contributed by atoms with van der Waals surface area (Å²) in [5.41, 5.74) is 1.16. The largest absolute Gasteiger partial charge is 0.305 e. The second-order valence-corrected chi connectivity index (χ2v) is 4.47. The van der Waals surface area contributed by atoms with Gasteiger partial charge in [0.2, 0.25) is 0 Å². The van der Waals surface area contributed by atoms with Gasteiger partial charge in [0.05, 0.1) is 0 Å². The van der Waals surface area contributed by atoms with Crippen LogP contribution in [0, 0.1) is 6.92 Å². The van der Waals surface area contributed by atoms with E-state index in [-0.39, 0.29) is 5.91 Å². The number of hydrogen-bond acceptors (Lipinski definition) is 4. The van der Waals surface area contributed by atoms with E-state index in [0.717, 1.165) is 5.69 Å². The molecule has 0 aliphatic carbocycles. The van der Waals surface area contributed by atoms with Gasteiger partial charge in [-0.1, -0.05) is 12.1 Å². The Balaban J connectivity index is 1.83. The number of nitrogens with zero attached hydrogens (tertiary/aromatic N) is 4. The predicted molar refractivity (Wildman–Crippen MR) is 78.3 cm³/mol. The minimum Gasteiger partial charge on any atom is -0.305 e. The van der Waals surface area contributed by atoms with Crippen molar-refractivity contribution in [3.05, 3.63) is 66.5 Å². The molecule has 3 aromatic rings. The van der Waals surface area contributed by atoms with Crippen LogP contribution in [0.2, 0.25) is 0 Å². The fourth-order valence-electron chi connectivity index (χ4n) is 1.88. The van der Waals surface area contributed by atoms with E-state index in [0.29, 0.717) is 17.3 Å². The Kier molecular flexibility index (Phi) is 3.42. The number of hydrogen-bond donors (Lipinski definition) is 1. The monoisotopic (exact) mass is 279 g/mol. The van der Waals surface area contributed by atoms with Crippen molar-refractivity contribution in [2.45, 2.75) is 6.92 Å². The lowest BCUT2D eigenvalue weighted by Gasteiger charge is -2.06. The molecule has 3 heterocycles. The van der Waals surface area contributed by atoms with Gasteiger partial charge >= 0.3 is 0 Å². The average Bonchev–Trinajstić information content (AvgIpc) is 3.02. The molecule has 21 heavy (non-hydrogen) atoms. The van der Waals surface area contributed by atoms with Gasteiger partial charge in [-0.15, -0.1) is 0 Å². The molecule has 6 nitrogen and oxygen atoms in total. The Morgan fingerprint density at radius 1 is 1.14 bits per heavy atom. The van der Waals surface area contributed by atoms with E-state index < -0.39 is 0 Å². The molecule has 0 spiro atoms. The van der Waals surface area contributed by atoms with E-state index in [1.807, 2.05) is 25.1 Å². The highest BCUT2D eigenvalue weighted by molar-refractivity contribution is 6.02. The minimum absolute atomic E-state index is 0.296. The summed E-state index contributed by atoms with van der Waals surface area (Å²) in [6.07, 6.45) is 5.06. The molecule has 0 aliphatic heterocycles. The zero-order chi connectivity index (χ0) is 14.7. The molecule has 0 fully saturated rings. The van der Waals surface area contributed by atoms with Gasteiger partial charge in [0.25, 0.3) is 5.91 Å². The summed E-state index contributed by atoms with van der Waals surface area (Å²) < 4.78 is 1.74. The van der Waals surface area contributed by atoms with Crippen LogP contribution in [-0.2, 0) is 0 Å². The van der Waals surface area contributed by atoms with E-state index in [2.05, 4.69) is 20.3 Å². The third kappa shape index (κ3) is 2.94. The number of rotatable bonds is 3. The summed E-state index contributed by atoms with van der Waals surface area (Å²) in [6, 6.07) is 10.7. The molecule has 3 aromatic heterocycles. The average molecular weight is 279 g/mol. The van der Waals surface area contributed by atoms with Crippen molar-refractivity contribution in [1.29, 1.82) is 0 Å². The number of pyridine rings is 2. The second-order valence-electron chi connectivity index (χ2n) is 4.47. The minimum atomic E-state index is -0.296. The molecule has 3 rings (SSSR count). The molecule has 104 valence electrons. The van der Waals surface area contributed by atoms with Crippen molar-refractivity contribution >= 4 is 11.7 Å². The van der Waals surface area contributed by atoms with Crippen molar-refractivity contribution < 1.29 is 4.79 Å². The van der Waals surface area contributed by atoms with E-state index in [1.165, 1.54) is 0 Å². The second kappa shape index (κ2) is 5.54. The lowest BCUT2D eigenvalue weighted by molar-refractivity contribution is 0.102. The lowest BCUT2D eigenvalue weighted by Crippen LogP contribution is -2.15. The Hall–Kier alpha value is -3.02. The van der Waals surface area contributed by atoms with Gasteiger partial charge in [-0.25, -0.2) is 15.0 Å². The van der Waals surface area contributed by atoms with Gasteiger partial charge in [0.1, 0.15) is 23.7 Å². The quantitative estimate of drug-likeness (QED) is 0.798. The highest BCUT2D eigenvalue weighted by Crippen LogP contribution is 2.09. The highest BCUT2D eigenvalue weighted by Gasteiger charge is 2.09. The topological polar surface area (TPSA) is 72.7 Å². The Labute approximate surface area is 121 Å². The van der Waals surface area contributed by atoms with Crippen LogP contribution in [0.3, 0.4) is 0 Å². The Morgan fingerprint density at radius 3 is 2.76 bits per heavy atom. The maximum atomic E-state index is 12.2. The number of imidazole rings is 1. The van der Waals surface area contributed by atoms with Crippen LogP contribution >= 0.6 is 0 Å². The van der Waals surface area contributed by atoms with Crippen LogP contribution in [0.25, 0.3) is 5.82 Å². The number of amides is 1. The fourth-order valence-corrected chi connectivity index (χ4v) is 1.88. The first-order valence-electron chi connectivity index (χ1n) is 6.43. The molecule has 0 aromatic carbocycles. The highest BCUT2D eigenvalue weighted by atomic mass is 16.1. The van der Waals surface area contributed by atoms with Crippen molar-refractivity contribution in [3.8, 4) is 5.82 Å². The van der Waals surface area contributed by atoms with Crippen LogP contribution in [0.4, 0.5) is 5.82 Å². The van der Waals surface area contributed by atoms with Crippen molar-refractivity contribution in [2.75, 3.05) is 5.32 Å². The van der Waals surface area contributed by atoms with Gasteiger partial charge < -0.3 is 5.32 Å². The standard InChI is InChI=1S/C15H13N5O/c1-11-4-2-6-13(17-11)19-15(21)12-5-3-7-14(18-12)20-9-8-16-10-20/h2-10H,1H3,(H,17,19,21). The first-order chi connectivity index (χ1) is 10.2. The molecule has 0 atom stereocenters. The molecule has 1 N–H and O–H groups in total. The molecule has 1 amide bonds. The van der Waals surface area contributed by atoms with E-state index in [4.69, 9.17) is 0 Å². The fraction of sp³-hybridized carbons (Fsp3) is 0.0667. The molecule has 0 saturated heterocycles. The molecule has 0 radical (unpaired) electrons. The van der Waals surface area contributed by atoms with Gasteiger partial charge in [-0.05, 0) is 31.2 Å². The number of carbonyl (C=O) groups excluding carboxylic acids is 1. The SMILES string of the molecule is Cc1cccc(NC(=O)c2cccc(-n3ccnc3)n2)n1. The molecule has 0 bridgehead atoms. The van der Waals surface area contributed by atoms with Crippen LogP contribution in [0.1, 0.15) is 16.2 Å². The molecule has 0 saturated carbocycles. The summed E-state index contributed by atoms with van der Waals surface area (Å²) in [5.74, 6) is 0.849. The van der Waals surface area contributed by atoms with Gasteiger partial charge in [0, 0.05) is 18.1 Å². The van der Waals surface area contributed by atoms with Crippen molar-refractivity contribution in [1.82, 2.24) is 19.5 Å². The van der Waals surface area contributed by atoms with Crippen LogP contribution in [-0.4, -0.2) is 25.4 Å². The van der Waals surface area contributed by atoms with E-state index in [9.17, 15) is 4.79 Å². The summed E-state index contributed by atoms with van der Waals surface area (Å²) in [6.45, 7) is 1.87. The predicted octanol–water partition coefficient (Wildman–Crippen LogP) is 2.22. The van der Waals surface area contributed by atoms with Gasteiger partial charge in [0.15, 0.2) is 0 Å². The smallest absolute Gasteiger partial charge is 0.275 e. The third-order valence-electron chi connectivity index (χ3n) is 2.87. The molecular formula is C15H13N5O. The Morgan fingerprint density at radius 2 is 2.00 bits per heavy atom. The zero-order valence-corrected chi connectivity index (χ0v) is 11.4. The lowest BCUT2D eigenvalue weighted by atomic mass is 10.3. The number of aromatic nitrogens is 4.